The smallest absolute Gasteiger partial charge is 0.159 e. The van der Waals surface area contributed by atoms with E-state index in [9.17, 15) is 0 Å². The van der Waals surface area contributed by atoms with Gasteiger partial charge < -0.3 is 15.2 Å². The molecule has 0 unspecified atom stereocenters. The van der Waals surface area contributed by atoms with Gasteiger partial charge in [0.2, 0.25) is 0 Å². The van der Waals surface area contributed by atoms with Gasteiger partial charge in [0, 0.05) is 49.2 Å². The predicted octanol–water partition coefficient (Wildman–Crippen LogP) is 4.06. The van der Waals surface area contributed by atoms with E-state index >= 15 is 0 Å². The lowest BCUT2D eigenvalue weighted by Gasteiger charge is -2.27. The van der Waals surface area contributed by atoms with Crippen molar-refractivity contribution in [2.75, 3.05) is 24.5 Å². The van der Waals surface area contributed by atoms with E-state index in [-0.39, 0.29) is 0 Å². The molecule has 0 aromatic carbocycles. The number of hydrogen-bond donors (Lipinski definition) is 3. The zero-order valence-electron chi connectivity index (χ0n) is 19.2. The monoisotopic (exact) mass is 453 g/mol. The van der Waals surface area contributed by atoms with Gasteiger partial charge in [0.15, 0.2) is 11.6 Å². The van der Waals surface area contributed by atoms with Crippen molar-refractivity contribution in [3.05, 3.63) is 48.5 Å². The van der Waals surface area contributed by atoms with E-state index in [0.717, 1.165) is 82.3 Å². The minimum atomic E-state index is 0.726. The Labute approximate surface area is 197 Å². The van der Waals surface area contributed by atoms with Gasteiger partial charge >= 0.3 is 0 Å². The Morgan fingerprint density at radius 2 is 1.94 bits per heavy atom. The minimum Gasteiger partial charge on any atom is -0.355 e. The number of imidazole rings is 1. The van der Waals surface area contributed by atoms with Crippen molar-refractivity contribution in [2.45, 2.75) is 32.7 Å². The maximum atomic E-state index is 4.95. The molecule has 0 aliphatic carbocycles. The third kappa shape index (κ3) is 3.77. The molecule has 9 nitrogen and oxygen atoms in total. The second-order valence-corrected chi connectivity index (χ2v) is 8.71. The van der Waals surface area contributed by atoms with Crippen LogP contribution in [-0.2, 0) is 6.54 Å². The molecule has 1 aliphatic heterocycles. The molecule has 1 aliphatic rings. The Morgan fingerprint density at radius 1 is 1.03 bits per heavy atom. The van der Waals surface area contributed by atoms with Crippen molar-refractivity contribution in [1.29, 1.82) is 0 Å². The zero-order chi connectivity index (χ0) is 22.9. The molecule has 5 aromatic heterocycles. The highest BCUT2D eigenvalue weighted by atomic mass is 15.2. The van der Waals surface area contributed by atoms with Gasteiger partial charge in [-0.3, -0.25) is 15.1 Å². The maximum absolute atomic E-state index is 4.95. The van der Waals surface area contributed by atoms with E-state index in [0.29, 0.717) is 0 Å². The Balaban J connectivity index is 1.40. The number of H-pyrrole nitrogens is 2. The van der Waals surface area contributed by atoms with E-state index in [1.807, 2.05) is 30.9 Å². The van der Waals surface area contributed by atoms with Crippen molar-refractivity contribution in [1.82, 2.24) is 40.4 Å². The van der Waals surface area contributed by atoms with Crippen molar-refractivity contribution >= 4 is 27.8 Å². The largest absolute Gasteiger partial charge is 0.355 e. The number of piperidine rings is 1. The topological polar surface area (TPSA) is 111 Å². The van der Waals surface area contributed by atoms with Crippen LogP contribution < -0.4 is 10.2 Å². The fourth-order valence-corrected chi connectivity index (χ4v) is 4.62. The standard InChI is InChI=1S/C25H27N9/c1-2-26-12-16-10-17(14-27-13-16)20-11-18-21(15-29-20)32-33-22(18)24-30-19-6-7-28-25(23(19)31-24)34-8-4-3-5-9-34/h6-7,10-11,13-15,26H,2-5,8-9,12H2,1H3,(H,30,31)(H,32,33). The number of rotatable bonds is 6. The molecule has 172 valence electrons. The molecule has 9 heteroatoms. The lowest BCUT2D eigenvalue weighted by molar-refractivity contribution is 0.574. The number of nitrogens with zero attached hydrogens (tertiary/aromatic N) is 6. The second-order valence-electron chi connectivity index (χ2n) is 8.71. The van der Waals surface area contributed by atoms with Crippen molar-refractivity contribution in [2.24, 2.45) is 0 Å². The minimum absolute atomic E-state index is 0.726. The van der Waals surface area contributed by atoms with Gasteiger partial charge in [-0.05, 0) is 49.6 Å². The molecular weight excluding hydrogens is 426 g/mol. The number of pyridine rings is 3. The van der Waals surface area contributed by atoms with Crippen molar-refractivity contribution in [3.8, 4) is 22.8 Å². The van der Waals surface area contributed by atoms with Gasteiger partial charge in [0.05, 0.1) is 22.9 Å². The summed E-state index contributed by atoms with van der Waals surface area (Å²) in [5.41, 5.74) is 6.46. The molecule has 6 heterocycles. The summed E-state index contributed by atoms with van der Waals surface area (Å²) in [6, 6.07) is 6.16. The average molecular weight is 454 g/mol. The van der Waals surface area contributed by atoms with Crippen LogP contribution in [0.1, 0.15) is 31.7 Å². The molecular formula is C25H27N9. The number of nitrogens with one attached hydrogen (secondary N) is 3. The fraction of sp³-hybridized carbons (Fsp3) is 0.320. The van der Waals surface area contributed by atoms with Gasteiger partial charge in [-0.2, -0.15) is 5.10 Å². The molecule has 0 radical (unpaired) electrons. The molecule has 0 atom stereocenters. The van der Waals surface area contributed by atoms with E-state index in [1.165, 1.54) is 19.3 Å². The summed E-state index contributed by atoms with van der Waals surface area (Å²) in [5, 5.41) is 12.0. The van der Waals surface area contributed by atoms with Crippen molar-refractivity contribution in [3.63, 3.8) is 0 Å². The number of aromatic nitrogens is 7. The van der Waals surface area contributed by atoms with E-state index in [1.54, 1.807) is 0 Å². The molecule has 1 fully saturated rings. The molecule has 3 N–H and O–H groups in total. The molecule has 0 spiro atoms. The number of aromatic amines is 2. The van der Waals surface area contributed by atoms with Crippen LogP contribution in [0.3, 0.4) is 0 Å². The van der Waals surface area contributed by atoms with Crippen LogP contribution in [0, 0.1) is 0 Å². The zero-order valence-corrected chi connectivity index (χ0v) is 19.2. The lowest BCUT2D eigenvalue weighted by atomic mass is 10.1. The summed E-state index contributed by atoms with van der Waals surface area (Å²) in [5.74, 6) is 1.68. The number of hydrogen-bond acceptors (Lipinski definition) is 7. The molecule has 5 aromatic rings. The number of anilines is 1. The second kappa shape index (κ2) is 8.83. The Bertz CT molecular complexity index is 1450. The van der Waals surface area contributed by atoms with Crippen LogP contribution in [0.25, 0.3) is 44.7 Å². The fourth-order valence-electron chi connectivity index (χ4n) is 4.62. The van der Waals surface area contributed by atoms with Crippen LogP contribution in [0.5, 0.6) is 0 Å². The highest BCUT2D eigenvalue weighted by molar-refractivity contribution is 5.96. The van der Waals surface area contributed by atoms with Crippen LogP contribution in [-0.4, -0.2) is 54.8 Å². The SMILES string of the molecule is CCNCc1cncc(-c2cc3c(-c4nc5c(N6CCCCC6)nccc5[nH]4)n[nH]c3cn2)c1. The highest BCUT2D eigenvalue weighted by Gasteiger charge is 2.20. The van der Waals surface area contributed by atoms with Crippen molar-refractivity contribution < 1.29 is 0 Å². The Kier molecular flexibility index (Phi) is 5.38. The van der Waals surface area contributed by atoms with Gasteiger partial charge in [-0.25, -0.2) is 9.97 Å². The third-order valence-corrected chi connectivity index (χ3v) is 6.38. The first-order chi connectivity index (χ1) is 16.8. The summed E-state index contributed by atoms with van der Waals surface area (Å²) in [6.07, 6.45) is 11.1. The molecule has 0 amide bonds. The van der Waals surface area contributed by atoms with Gasteiger partial charge in [-0.1, -0.05) is 6.92 Å². The Morgan fingerprint density at radius 3 is 2.82 bits per heavy atom. The molecule has 0 bridgehead atoms. The molecule has 6 rings (SSSR count). The summed E-state index contributed by atoms with van der Waals surface area (Å²) in [4.78, 5) is 24.5. The number of fused-ring (bicyclic) bond motifs is 2. The highest BCUT2D eigenvalue weighted by Crippen LogP contribution is 2.31. The van der Waals surface area contributed by atoms with E-state index < -0.39 is 0 Å². The average Bonchev–Trinajstić information content (AvgIpc) is 3.51. The third-order valence-electron chi connectivity index (χ3n) is 6.38. The van der Waals surface area contributed by atoms with Crippen LogP contribution in [0.2, 0.25) is 0 Å². The molecule has 34 heavy (non-hydrogen) atoms. The summed E-state index contributed by atoms with van der Waals surface area (Å²) in [7, 11) is 0. The van der Waals surface area contributed by atoms with Gasteiger partial charge in [0.25, 0.3) is 0 Å². The summed E-state index contributed by atoms with van der Waals surface area (Å²) < 4.78 is 0. The normalized spacial score (nSPS) is 14.3. The van der Waals surface area contributed by atoms with Crippen LogP contribution in [0.4, 0.5) is 5.82 Å². The Hall–Kier alpha value is -3.85. The lowest BCUT2D eigenvalue weighted by Crippen LogP contribution is -2.30. The van der Waals surface area contributed by atoms with Gasteiger partial charge in [0.1, 0.15) is 11.2 Å². The van der Waals surface area contributed by atoms with E-state index in [4.69, 9.17) is 4.98 Å². The van der Waals surface area contributed by atoms with Gasteiger partial charge in [-0.15, -0.1) is 0 Å². The van der Waals surface area contributed by atoms with Crippen LogP contribution >= 0.6 is 0 Å². The quantitative estimate of drug-likeness (QED) is 0.355. The van der Waals surface area contributed by atoms with Crippen LogP contribution in [0.15, 0.2) is 43.0 Å². The maximum Gasteiger partial charge on any atom is 0.159 e. The molecule has 1 saturated heterocycles. The molecule has 0 saturated carbocycles. The summed E-state index contributed by atoms with van der Waals surface area (Å²) >= 11 is 0. The predicted molar refractivity (Wildman–Crippen MR) is 133 cm³/mol. The summed E-state index contributed by atoms with van der Waals surface area (Å²) in [6.45, 7) is 5.84. The van der Waals surface area contributed by atoms with E-state index in [2.05, 4.69) is 59.4 Å². The first-order valence-corrected chi connectivity index (χ1v) is 11.9. The first kappa shape index (κ1) is 20.7. The first-order valence-electron chi connectivity index (χ1n) is 11.9.